The molecule has 2 N–H and O–H groups in total. The van der Waals surface area contributed by atoms with Crippen molar-refractivity contribution in [2.24, 2.45) is 5.73 Å². The highest BCUT2D eigenvalue weighted by Gasteiger charge is 2.08. The molecule has 0 saturated carbocycles. The molecule has 2 rings (SSSR count). The van der Waals surface area contributed by atoms with E-state index < -0.39 is 0 Å². The van der Waals surface area contributed by atoms with Crippen molar-refractivity contribution >= 4 is 11.8 Å². The third-order valence-corrected chi connectivity index (χ3v) is 3.60. The van der Waals surface area contributed by atoms with Crippen molar-refractivity contribution in [2.45, 2.75) is 25.0 Å². The Balaban J connectivity index is 2.01. The first-order chi connectivity index (χ1) is 8.65. The Labute approximate surface area is 112 Å². The third kappa shape index (κ3) is 3.55. The van der Waals surface area contributed by atoms with E-state index >= 15 is 0 Å². The van der Waals surface area contributed by atoms with Crippen LogP contribution >= 0.6 is 11.8 Å². The normalized spacial score (nSPS) is 12.4. The second-order valence-corrected chi connectivity index (χ2v) is 5.36. The summed E-state index contributed by atoms with van der Waals surface area (Å²) in [4.78, 5) is 8.35. The van der Waals surface area contributed by atoms with Crippen molar-refractivity contribution in [1.29, 1.82) is 0 Å². The summed E-state index contributed by atoms with van der Waals surface area (Å²) in [6.07, 6.45) is 3.50. The lowest BCUT2D eigenvalue weighted by atomic mass is 10.0. The van der Waals surface area contributed by atoms with Gasteiger partial charge in [0.1, 0.15) is 0 Å². The van der Waals surface area contributed by atoms with Crippen molar-refractivity contribution in [3.05, 3.63) is 53.3 Å². The van der Waals surface area contributed by atoms with Crippen LogP contribution in [-0.4, -0.2) is 15.7 Å². The Morgan fingerprint density at radius 3 is 2.33 bits per heavy atom. The topological polar surface area (TPSA) is 51.8 Å². The maximum absolute atomic E-state index is 6.20. The SMILES string of the molecule is Cc1cc(C)cc(C(N)CSc2ncccn2)c1. The third-order valence-electron chi connectivity index (χ3n) is 2.61. The maximum atomic E-state index is 6.20. The van der Waals surface area contributed by atoms with Gasteiger partial charge in [-0.3, -0.25) is 0 Å². The molecule has 1 heterocycles. The lowest BCUT2D eigenvalue weighted by Crippen LogP contribution is -2.13. The van der Waals surface area contributed by atoms with E-state index in [-0.39, 0.29) is 6.04 Å². The Bertz CT molecular complexity index is 493. The number of nitrogens with two attached hydrogens (primary N) is 1. The van der Waals surface area contributed by atoms with Crippen LogP contribution in [0.15, 0.2) is 41.8 Å². The Morgan fingerprint density at radius 2 is 1.72 bits per heavy atom. The van der Waals surface area contributed by atoms with Gasteiger partial charge in [0.05, 0.1) is 0 Å². The molecule has 0 aliphatic heterocycles. The van der Waals surface area contributed by atoms with E-state index in [4.69, 9.17) is 5.73 Å². The molecular weight excluding hydrogens is 242 g/mol. The number of nitrogens with zero attached hydrogens (tertiary/aromatic N) is 2. The molecule has 0 spiro atoms. The van der Waals surface area contributed by atoms with Crippen molar-refractivity contribution in [2.75, 3.05) is 5.75 Å². The summed E-state index contributed by atoms with van der Waals surface area (Å²) in [5, 5.41) is 0.775. The minimum atomic E-state index is 0.0115. The number of hydrogen-bond acceptors (Lipinski definition) is 4. The lowest BCUT2D eigenvalue weighted by molar-refractivity contribution is 0.823. The largest absolute Gasteiger partial charge is 0.323 e. The number of aromatic nitrogens is 2. The van der Waals surface area contributed by atoms with Crippen LogP contribution in [0.2, 0.25) is 0 Å². The van der Waals surface area contributed by atoms with E-state index in [1.807, 2.05) is 6.07 Å². The average molecular weight is 259 g/mol. The molecule has 3 nitrogen and oxygen atoms in total. The fourth-order valence-corrected chi connectivity index (χ4v) is 2.64. The predicted molar refractivity (Wildman–Crippen MR) is 75.6 cm³/mol. The molecule has 0 aliphatic rings. The maximum Gasteiger partial charge on any atom is 0.187 e. The van der Waals surface area contributed by atoms with Gasteiger partial charge in [-0.2, -0.15) is 0 Å². The van der Waals surface area contributed by atoms with Crippen LogP contribution in [-0.2, 0) is 0 Å². The average Bonchev–Trinajstić information content (AvgIpc) is 2.36. The fraction of sp³-hybridized carbons (Fsp3) is 0.286. The van der Waals surface area contributed by atoms with Crippen molar-refractivity contribution in [3.63, 3.8) is 0 Å². The molecule has 18 heavy (non-hydrogen) atoms. The highest BCUT2D eigenvalue weighted by atomic mass is 32.2. The molecule has 0 aliphatic carbocycles. The number of thioether (sulfide) groups is 1. The Morgan fingerprint density at radius 1 is 1.11 bits per heavy atom. The van der Waals surface area contributed by atoms with Crippen molar-refractivity contribution in [3.8, 4) is 0 Å². The summed E-state index contributed by atoms with van der Waals surface area (Å²) in [6, 6.07) is 8.27. The predicted octanol–water partition coefficient (Wildman–Crippen LogP) is 2.89. The van der Waals surface area contributed by atoms with E-state index in [0.29, 0.717) is 0 Å². The van der Waals surface area contributed by atoms with E-state index in [1.165, 1.54) is 16.7 Å². The molecule has 0 amide bonds. The van der Waals surface area contributed by atoms with Gasteiger partial charge in [0.15, 0.2) is 5.16 Å². The Hall–Kier alpha value is -1.39. The molecule has 0 fully saturated rings. The molecule has 2 aromatic rings. The van der Waals surface area contributed by atoms with E-state index in [0.717, 1.165) is 10.9 Å². The molecule has 0 bridgehead atoms. The van der Waals surface area contributed by atoms with Gasteiger partial charge in [-0.1, -0.05) is 41.1 Å². The van der Waals surface area contributed by atoms with Gasteiger partial charge in [0.2, 0.25) is 0 Å². The van der Waals surface area contributed by atoms with Crippen LogP contribution in [0.4, 0.5) is 0 Å². The molecule has 1 aromatic carbocycles. The highest BCUT2D eigenvalue weighted by molar-refractivity contribution is 7.99. The van der Waals surface area contributed by atoms with Crippen molar-refractivity contribution in [1.82, 2.24) is 9.97 Å². The first-order valence-corrected chi connectivity index (χ1v) is 6.87. The summed E-state index contributed by atoms with van der Waals surface area (Å²) in [5.41, 5.74) is 9.88. The second-order valence-electron chi connectivity index (χ2n) is 4.37. The summed E-state index contributed by atoms with van der Waals surface area (Å²) >= 11 is 1.59. The minimum Gasteiger partial charge on any atom is -0.323 e. The zero-order chi connectivity index (χ0) is 13.0. The monoisotopic (exact) mass is 259 g/mol. The van der Waals surface area contributed by atoms with E-state index in [1.54, 1.807) is 24.2 Å². The van der Waals surface area contributed by atoms with Gasteiger partial charge < -0.3 is 5.73 Å². The van der Waals surface area contributed by atoms with E-state index in [9.17, 15) is 0 Å². The number of benzene rings is 1. The summed E-state index contributed by atoms with van der Waals surface area (Å²) in [6.45, 7) is 4.19. The molecule has 4 heteroatoms. The van der Waals surface area contributed by atoms with E-state index in [2.05, 4.69) is 42.0 Å². The fourth-order valence-electron chi connectivity index (χ4n) is 1.84. The van der Waals surface area contributed by atoms with Gasteiger partial charge in [-0.25, -0.2) is 9.97 Å². The van der Waals surface area contributed by atoms with Crippen LogP contribution in [0.25, 0.3) is 0 Å². The van der Waals surface area contributed by atoms with Gasteiger partial charge in [-0.05, 0) is 25.5 Å². The summed E-state index contributed by atoms with van der Waals surface area (Å²) < 4.78 is 0. The molecule has 94 valence electrons. The molecule has 0 radical (unpaired) electrons. The molecule has 0 saturated heterocycles. The quantitative estimate of drug-likeness (QED) is 0.677. The smallest absolute Gasteiger partial charge is 0.187 e. The molecule has 1 aromatic heterocycles. The van der Waals surface area contributed by atoms with Crippen LogP contribution in [0.3, 0.4) is 0 Å². The summed E-state index contributed by atoms with van der Waals surface area (Å²) in [5.74, 6) is 0.785. The van der Waals surface area contributed by atoms with Crippen LogP contribution in [0, 0.1) is 13.8 Å². The van der Waals surface area contributed by atoms with Crippen LogP contribution in [0.5, 0.6) is 0 Å². The van der Waals surface area contributed by atoms with Gasteiger partial charge in [-0.15, -0.1) is 0 Å². The standard InChI is InChI=1S/C14H17N3S/c1-10-6-11(2)8-12(7-10)13(15)9-18-14-16-4-3-5-17-14/h3-8,13H,9,15H2,1-2H3. The van der Waals surface area contributed by atoms with Crippen LogP contribution < -0.4 is 5.73 Å². The Kier molecular flexibility index (Phi) is 4.33. The van der Waals surface area contributed by atoms with Gasteiger partial charge in [0.25, 0.3) is 0 Å². The van der Waals surface area contributed by atoms with Crippen molar-refractivity contribution < 1.29 is 0 Å². The highest BCUT2D eigenvalue weighted by Crippen LogP contribution is 2.21. The molecule has 1 atom stereocenters. The summed E-state index contributed by atoms with van der Waals surface area (Å²) in [7, 11) is 0. The number of hydrogen-bond donors (Lipinski definition) is 1. The minimum absolute atomic E-state index is 0.0115. The number of aryl methyl sites for hydroxylation is 2. The van der Waals surface area contributed by atoms with Gasteiger partial charge in [0, 0.05) is 24.2 Å². The first kappa shape index (κ1) is 13.1. The zero-order valence-corrected chi connectivity index (χ0v) is 11.4. The van der Waals surface area contributed by atoms with Gasteiger partial charge >= 0.3 is 0 Å². The van der Waals surface area contributed by atoms with Crippen LogP contribution in [0.1, 0.15) is 22.7 Å². The number of rotatable bonds is 4. The lowest BCUT2D eigenvalue weighted by Gasteiger charge is -2.12. The second kappa shape index (κ2) is 5.98. The first-order valence-electron chi connectivity index (χ1n) is 5.89. The molecular formula is C14H17N3S. The molecule has 1 unspecified atom stereocenters. The zero-order valence-electron chi connectivity index (χ0n) is 10.6.